The molecule has 0 aromatic heterocycles. The first-order valence-electron chi connectivity index (χ1n) is 4.09. The summed E-state index contributed by atoms with van der Waals surface area (Å²) in [6.45, 7) is 12.1. The second-order valence-electron chi connectivity index (χ2n) is 4.37. The first-order chi connectivity index (χ1) is 4.39. The maximum atomic E-state index is 5.57. The maximum Gasteiger partial charge on any atom is -0.00488 e. The van der Waals surface area contributed by atoms with E-state index in [1.807, 2.05) is 0 Å². The van der Waals surface area contributed by atoms with Gasteiger partial charge in [-0.05, 0) is 23.8 Å². The van der Waals surface area contributed by atoms with Crippen LogP contribution >= 0.6 is 0 Å². The van der Waals surface area contributed by atoms with Gasteiger partial charge in [-0.25, -0.2) is 0 Å². The Balaban J connectivity index is 3.94. The third-order valence-corrected chi connectivity index (χ3v) is 2.59. The lowest BCUT2D eigenvalue weighted by molar-refractivity contribution is 0.192. The third kappa shape index (κ3) is 2.70. The molecule has 1 heteroatoms. The molecular formula is C9H21N. The first kappa shape index (κ1) is 9.96. The fourth-order valence-corrected chi connectivity index (χ4v) is 1.06. The van der Waals surface area contributed by atoms with Gasteiger partial charge in [0.25, 0.3) is 0 Å². The predicted octanol–water partition coefficient (Wildman–Crippen LogP) is 2.26. The van der Waals surface area contributed by atoms with Crippen molar-refractivity contribution < 1.29 is 0 Å². The lowest BCUT2D eigenvalue weighted by Crippen LogP contribution is -2.28. The van der Waals surface area contributed by atoms with E-state index in [2.05, 4.69) is 34.6 Å². The van der Waals surface area contributed by atoms with E-state index >= 15 is 0 Å². The minimum absolute atomic E-state index is 0.402. The molecule has 0 saturated carbocycles. The lowest BCUT2D eigenvalue weighted by atomic mass is 9.75. The highest BCUT2D eigenvalue weighted by molar-refractivity contribution is 4.74. The van der Waals surface area contributed by atoms with Crippen molar-refractivity contribution in [1.82, 2.24) is 0 Å². The summed E-state index contributed by atoms with van der Waals surface area (Å²) < 4.78 is 0. The number of hydrogen-bond acceptors (Lipinski definition) is 1. The molecule has 1 nitrogen and oxygen atoms in total. The van der Waals surface area contributed by atoms with Crippen molar-refractivity contribution in [3.63, 3.8) is 0 Å². The summed E-state index contributed by atoms with van der Waals surface area (Å²) in [5, 5.41) is 0. The van der Waals surface area contributed by atoms with Gasteiger partial charge in [0, 0.05) is 0 Å². The van der Waals surface area contributed by atoms with Crippen LogP contribution in [0.2, 0.25) is 0 Å². The Morgan fingerprint density at radius 1 is 1.20 bits per heavy atom. The van der Waals surface area contributed by atoms with Crippen LogP contribution < -0.4 is 5.73 Å². The molecular weight excluding hydrogens is 122 g/mol. The topological polar surface area (TPSA) is 26.0 Å². The van der Waals surface area contributed by atoms with E-state index in [-0.39, 0.29) is 0 Å². The summed E-state index contributed by atoms with van der Waals surface area (Å²) in [6.07, 6.45) is 0. The second-order valence-corrected chi connectivity index (χ2v) is 4.37. The van der Waals surface area contributed by atoms with E-state index < -0.39 is 0 Å². The highest BCUT2D eigenvalue weighted by atomic mass is 14.6. The maximum absolute atomic E-state index is 5.57. The molecule has 2 unspecified atom stereocenters. The molecule has 0 aliphatic carbocycles. The van der Waals surface area contributed by atoms with Crippen molar-refractivity contribution in [2.75, 3.05) is 6.54 Å². The van der Waals surface area contributed by atoms with Crippen LogP contribution in [-0.4, -0.2) is 6.54 Å². The van der Waals surface area contributed by atoms with E-state index in [9.17, 15) is 0 Å². The minimum atomic E-state index is 0.402. The zero-order valence-electron chi connectivity index (χ0n) is 7.94. The monoisotopic (exact) mass is 143 g/mol. The van der Waals surface area contributed by atoms with Gasteiger partial charge in [0.15, 0.2) is 0 Å². The first-order valence-corrected chi connectivity index (χ1v) is 4.09. The Labute approximate surface area is 65.0 Å². The van der Waals surface area contributed by atoms with Crippen molar-refractivity contribution >= 4 is 0 Å². The molecule has 0 amide bonds. The van der Waals surface area contributed by atoms with Crippen LogP contribution in [0.5, 0.6) is 0 Å². The summed E-state index contributed by atoms with van der Waals surface area (Å²) >= 11 is 0. The number of hydrogen-bond donors (Lipinski definition) is 1. The highest BCUT2D eigenvalue weighted by Gasteiger charge is 2.23. The lowest BCUT2D eigenvalue weighted by Gasteiger charge is -2.31. The second kappa shape index (κ2) is 3.38. The molecule has 0 rings (SSSR count). The van der Waals surface area contributed by atoms with Gasteiger partial charge in [-0.2, -0.15) is 0 Å². The van der Waals surface area contributed by atoms with Gasteiger partial charge in [0.1, 0.15) is 0 Å². The molecule has 0 aliphatic heterocycles. The van der Waals surface area contributed by atoms with Crippen LogP contribution in [0.25, 0.3) is 0 Å². The Morgan fingerprint density at radius 2 is 1.60 bits per heavy atom. The molecule has 62 valence electrons. The molecule has 0 radical (unpaired) electrons. The standard InChI is InChI=1S/C9H21N/c1-7(6-10)8(2)9(3,4)5/h7-8H,6,10H2,1-5H3. The number of rotatable bonds is 2. The van der Waals surface area contributed by atoms with Crippen molar-refractivity contribution in [2.24, 2.45) is 23.0 Å². The van der Waals surface area contributed by atoms with Crippen LogP contribution in [0.4, 0.5) is 0 Å². The van der Waals surface area contributed by atoms with Gasteiger partial charge in [-0.15, -0.1) is 0 Å². The van der Waals surface area contributed by atoms with Crippen molar-refractivity contribution in [2.45, 2.75) is 34.6 Å². The third-order valence-electron chi connectivity index (χ3n) is 2.59. The summed E-state index contributed by atoms with van der Waals surface area (Å²) in [7, 11) is 0. The Hall–Kier alpha value is -0.0400. The summed E-state index contributed by atoms with van der Waals surface area (Å²) in [6, 6.07) is 0. The van der Waals surface area contributed by atoms with E-state index in [0.29, 0.717) is 17.3 Å². The van der Waals surface area contributed by atoms with Gasteiger partial charge in [-0.3, -0.25) is 0 Å². The smallest absolute Gasteiger partial charge is 0.00488 e. The number of nitrogens with two attached hydrogens (primary N) is 1. The fraction of sp³-hybridized carbons (Fsp3) is 1.00. The molecule has 0 spiro atoms. The van der Waals surface area contributed by atoms with Crippen molar-refractivity contribution in [3.05, 3.63) is 0 Å². The van der Waals surface area contributed by atoms with Gasteiger partial charge >= 0.3 is 0 Å². The molecule has 0 fully saturated rings. The van der Waals surface area contributed by atoms with E-state index in [4.69, 9.17) is 5.73 Å². The SMILES string of the molecule is CC(CN)C(C)C(C)(C)C. The Kier molecular flexibility index (Phi) is 3.37. The molecule has 0 aromatic rings. The predicted molar refractivity (Wildman–Crippen MR) is 46.8 cm³/mol. The zero-order chi connectivity index (χ0) is 8.36. The summed E-state index contributed by atoms with van der Waals surface area (Å²) in [5.74, 6) is 1.34. The Morgan fingerprint density at radius 3 is 1.70 bits per heavy atom. The molecule has 0 aliphatic rings. The largest absolute Gasteiger partial charge is 0.330 e. The van der Waals surface area contributed by atoms with E-state index in [0.717, 1.165) is 6.54 Å². The van der Waals surface area contributed by atoms with Crippen molar-refractivity contribution in [1.29, 1.82) is 0 Å². The van der Waals surface area contributed by atoms with E-state index in [1.54, 1.807) is 0 Å². The molecule has 10 heavy (non-hydrogen) atoms. The molecule has 0 heterocycles. The van der Waals surface area contributed by atoms with Crippen LogP contribution in [-0.2, 0) is 0 Å². The molecule has 0 bridgehead atoms. The average Bonchev–Trinajstić information content (AvgIpc) is 1.83. The summed E-state index contributed by atoms with van der Waals surface area (Å²) in [5.41, 5.74) is 5.97. The van der Waals surface area contributed by atoms with Crippen LogP contribution in [0.15, 0.2) is 0 Å². The minimum Gasteiger partial charge on any atom is -0.330 e. The molecule has 0 saturated heterocycles. The van der Waals surface area contributed by atoms with Crippen LogP contribution in [0, 0.1) is 17.3 Å². The van der Waals surface area contributed by atoms with Gasteiger partial charge < -0.3 is 5.73 Å². The average molecular weight is 143 g/mol. The normalized spacial score (nSPS) is 18.6. The summed E-state index contributed by atoms with van der Waals surface area (Å²) in [4.78, 5) is 0. The van der Waals surface area contributed by atoms with Crippen LogP contribution in [0.1, 0.15) is 34.6 Å². The van der Waals surface area contributed by atoms with Gasteiger partial charge in [-0.1, -0.05) is 34.6 Å². The van der Waals surface area contributed by atoms with Gasteiger partial charge in [0.2, 0.25) is 0 Å². The molecule has 2 N–H and O–H groups in total. The van der Waals surface area contributed by atoms with Crippen LogP contribution in [0.3, 0.4) is 0 Å². The Bertz CT molecular complexity index is 91.4. The molecule has 0 aromatic carbocycles. The fourth-order valence-electron chi connectivity index (χ4n) is 1.06. The quantitative estimate of drug-likeness (QED) is 0.630. The van der Waals surface area contributed by atoms with Gasteiger partial charge in [0.05, 0.1) is 0 Å². The highest BCUT2D eigenvalue weighted by Crippen LogP contribution is 2.30. The molecule has 2 atom stereocenters. The van der Waals surface area contributed by atoms with Crippen molar-refractivity contribution in [3.8, 4) is 0 Å². The zero-order valence-corrected chi connectivity index (χ0v) is 7.94. The van der Waals surface area contributed by atoms with E-state index in [1.165, 1.54) is 0 Å².